The Bertz CT molecular complexity index is 83.9. The maximum Gasteiger partial charge on any atom is 0.0804 e. The lowest BCUT2D eigenvalue weighted by Gasteiger charge is -2.13. The number of hydrogen-bond donors (Lipinski definition) is 0. The number of methoxy groups -OCH3 is 1. The predicted molar refractivity (Wildman–Crippen MR) is 51.4 cm³/mol. The molecule has 1 unspecified atom stereocenters. The standard InChI is InChI=1S/C10H22O2/c1-4-6-8-12-9-10(11-3)7-5-2/h10H,4-9H2,1-3H3. The fraction of sp³-hybridized carbons (Fsp3) is 1.00. The highest BCUT2D eigenvalue weighted by Crippen LogP contribution is 2.01. The molecule has 0 bridgehead atoms. The van der Waals surface area contributed by atoms with Gasteiger partial charge in [0.1, 0.15) is 0 Å². The molecule has 0 saturated heterocycles. The molecule has 74 valence electrons. The Labute approximate surface area is 76.3 Å². The van der Waals surface area contributed by atoms with Gasteiger partial charge in [0.2, 0.25) is 0 Å². The van der Waals surface area contributed by atoms with Crippen LogP contribution in [-0.4, -0.2) is 26.4 Å². The molecule has 0 heterocycles. The lowest BCUT2D eigenvalue weighted by Crippen LogP contribution is -2.18. The molecule has 2 heteroatoms. The largest absolute Gasteiger partial charge is 0.379 e. The molecule has 0 aliphatic carbocycles. The predicted octanol–water partition coefficient (Wildman–Crippen LogP) is 2.62. The van der Waals surface area contributed by atoms with Crippen molar-refractivity contribution in [2.75, 3.05) is 20.3 Å². The molecule has 0 aromatic rings. The van der Waals surface area contributed by atoms with E-state index >= 15 is 0 Å². The maximum absolute atomic E-state index is 5.45. The summed E-state index contributed by atoms with van der Waals surface area (Å²) in [5.41, 5.74) is 0. The van der Waals surface area contributed by atoms with Crippen LogP contribution < -0.4 is 0 Å². The minimum Gasteiger partial charge on any atom is -0.379 e. The average molecular weight is 174 g/mol. The molecule has 0 rings (SSSR count). The highest BCUT2D eigenvalue weighted by molar-refractivity contribution is 4.54. The molecule has 12 heavy (non-hydrogen) atoms. The van der Waals surface area contributed by atoms with E-state index in [9.17, 15) is 0 Å². The third-order valence-electron chi connectivity index (χ3n) is 1.89. The summed E-state index contributed by atoms with van der Waals surface area (Å²) in [6, 6.07) is 0. The van der Waals surface area contributed by atoms with Gasteiger partial charge in [-0.15, -0.1) is 0 Å². The zero-order valence-electron chi connectivity index (χ0n) is 8.64. The summed E-state index contributed by atoms with van der Waals surface area (Å²) in [6.07, 6.45) is 4.92. The molecular formula is C10H22O2. The summed E-state index contributed by atoms with van der Waals surface area (Å²) in [4.78, 5) is 0. The summed E-state index contributed by atoms with van der Waals surface area (Å²) in [7, 11) is 1.75. The average Bonchev–Trinajstić information content (AvgIpc) is 2.10. The Balaban J connectivity index is 3.19. The maximum atomic E-state index is 5.45. The van der Waals surface area contributed by atoms with E-state index in [1.165, 1.54) is 6.42 Å². The van der Waals surface area contributed by atoms with E-state index in [0.29, 0.717) is 6.10 Å². The van der Waals surface area contributed by atoms with Crippen molar-refractivity contribution in [2.45, 2.75) is 45.6 Å². The first kappa shape index (κ1) is 11.9. The van der Waals surface area contributed by atoms with Gasteiger partial charge in [0.05, 0.1) is 12.7 Å². The zero-order chi connectivity index (χ0) is 9.23. The van der Waals surface area contributed by atoms with Crippen molar-refractivity contribution < 1.29 is 9.47 Å². The normalized spacial score (nSPS) is 13.2. The molecule has 0 aliphatic rings. The van der Waals surface area contributed by atoms with Crippen LogP contribution >= 0.6 is 0 Å². The molecular weight excluding hydrogens is 152 g/mol. The quantitative estimate of drug-likeness (QED) is 0.527. The SMILES string of the molecule is CCCCOCC(CCC)OC. The van der Waals surface area contributed by atoms with Crippen molar-refractivity contribution in [1.29, 1.82) is 0 Å². The van der Waals surface area contributed by atoms with E-state index in [1.807, 2.05) is 0 Å². The van der Waals surface area contributed by atoms with E-state index in [4.69, 9.17) is 9.47 Å². The molecule has 0 amide bonds. The van der Waals surface area contributed by atoms with Crippen molar-refractivity contribution in [3.05, 3.63) is 0 Å². The van der Waals surface area contributed by atoms with Crippen LogP contribution in [0.3, 0.4) is 0 Å². The van der Waals surface area contributed by atoms with Crippen LogP contribution in [0.1, 0.15) is 39.5 Å². The Morgan fingerprint density at radius 1 is 1.17 bits per heavy atom. The highest BCUT2D eigenvalue weighted by atomic mass is 16.5. The smallest absolute Gasteiger partial charge is 0.0804 e. The topological polar surface area (TPSA) is 18.5 Å². The lowest BCUT2D eigenvalue weighted by atomic mass is 10.2. The van der Waals surface area contributed by atoms with Gasteiger partial charge >= 0.3 is 0 Å². The van der Waals surface area contributed by atoms with Crippen molar-refractivity contribution in [3.63, 3.8) is 0 Å². The third-order valence-corrected chi connectivity index (χ3v) is 1.89. The number of ether oxygens (including phenoxy) is 2. The van der Waals surface area contributed by atoms with Gasteiger partial charge in [0, 0.05) is 13.7 Å². The summed E-state index contributed by atoms with van der Waals surface area (Å²) in [5, 5.41) is 0. The number of rotatable bonds is 8. The van der Waals surface area contributed by atoms with Crippen molar-refractivity contribution in [2.24, 2.45) is 0 Å². The van der Waals surface area contributed by atoms with Gasteiger partial charge in [-0.3, -0.25) is 0 Å². The van der Waals surface area contributed by atoms with Gasteiger partial charge < -0.3 is 9.47 Å². The van der Waals surface area contributed by atoms with Gasteiger partial charge in [0.25, 0.3) is 0 Å². The van der Waals surface area contributed by atoms with Gasteiger partial charge in [-0.2, -0.15) is 0 Å². The van der Waals surface area contributed by atoms with Gasteiger partial charge in [-0.05, 0) is 12.8 Å². The van der Waals surface area contributed by atoms with Crippen molar-refractivity contribution >= 4 is 0 Å². The lowest BCUT2D eigenvalue weighted by molar-refractivity contribution is 0.00338. The molecule has 0 fully saturated rings. The second kappa shape index (κ2) is 9.01. The van der Waals surface area contributed by atoms with Gasteiger partial charge in [0.15, 0.2) is 0 Å². The molecule has 1 atom stereocenters. The minimum atomic E-state index is 0.298. The van der Waals surface area contributed by atoms with Crippen molar-refractivity contribution in [1.82, 2.24) is 0 Å². The minimum absolute atomic E-state index is 0.298. The monoisotopic (exact) mass is 174 g/mol. The zero-order valence-corrected chi connectivity index (χ0v) is 8.64. The fourth-order valence-corrected chi connectivity index (χ4v) is 1.05. The molecule has 0 N–H and O–H groups in total. The van der Waals surface area contributed by atoms with E-state index in [2.05, 4.69) is 13.8 Å². The molecule has 0 spiro atoms. The third kappa shape index (κ3) is 6.62. The second-order valence-electron chi connectivity index (χ2n) is 3.07. The van der Waals surface area contributed by atoms with Crippen molar-refractivity contribution in [3.8, 4) is 0 Å². The Kier molecular flexibility index (Phi) is 8.95. The molecule has 0 aromatic heterocycles. The van der Waals surface area contributed by atoms with Gasteiger partial charge in [-0.1, -0.05) is 26.7 Å². The molecule has 0 aromatic carbocycles. The van der Waals surface area contributed by atoms with Crippen LogP contribution in [0.25, 0.3) is 0 Å². The van der Waals surface area contributed by atoms with E-state index < -0.39 is 0 Å². The van der Waals surface area contributed by atoms with Crippen LogP contribution in [-0.2, 0) is 9.47 Å². The summed E-state index contributed by atoms with van der Waals surface area (Å²) in [6.45, 7) is 5.96. The molecule has 0 aliphatic heterocycles. The number of unbranched alkanes of at least 4 members (excludes halogenated alkanes) is 1. The molecule has 0 radical (unpaired) electrons. The Hall–Kier alpha value is -0.0800. The summed E-state index contributed by atoms with van der Waals surface area (Å²) in [5.74, 6) is 0. The Morgan fingerprint density at radius 2 is 1.92 bits per heavy atom. The number of hydrogen-bond acceptors (Lipinski definition) is 2. The first-order chi connectivity index (χ1) is 5.85. The summed E-state index contributed by atoms with van der Waals surface area (Å²) >= 11 is 0. The van der Waals surface area contributed by atoms with E-state index in [1.54, 1.807) is 7.11 Å². The first-order valence-electron chi connectivity index (χ1n) is 4.95. The van der Waals surface area contributed by atoms with Crippen LogP contribution in [0.5, 0.6) is 0 Å². The second-order valence-corrected chi connectivity index (χ2v) is 3.07. The van der Waals surface area contributed by atoms with E-state index in [-0.39, 0.29) is 0 Å². The Morgan fingerprint density at radius 3 is 2.42 bits per heavy atom. The fourth-order valence-electron chi connectivity index (χ4n) is 1.05. The molecule has 2 nitrogen and oxygen atoms in total. The summed E-state index contributed by atoms with van der Waals surface area (Å²) < 4.78 is 10.7. The van der Waals surface area contributed by atoms with Crippen LogP contribution in [0.4, 0.5) is 0 Å². The van der Waals surface area contributed by atoms with Crippen LogP contribution in [0.15, 0.2) is 0 Å². The van der Waals surface area contributed by atoms with Crippen LogP contribution in [0, 0.1) is 0 Å². The van der Waals surface area contributed by atoms with Gasteiger partial charge in [-0.25, -0.2) is 0 Å². The van der Waals surface area contributed by atoms with Crippen LogP contribution in [0.2, 0.25) is 0 Å². The molecule has 0 saturated carbocycles. The van der Waals surface area contributed by atoms with E-state index in [0.717, 1.165) is 32.5 Å². The highest BCUT2D eigenvalue weighted by Gasteiger charge is 2.04. The first-order valence-corrected chi connectivity index (χ1v) is 4.95.